The van der Waals surface area contributed by atoms with Crippen LogP contribution in [0.1, 0.15) is 31.7 Å². The lowest BCUT2D eigenvalue weighted by Crippen LogP contribution is -2.40. The van der Waals surface area contributed by atoms with E-state index in [4.69, 9.17) is 4.74 Å². The normalized spacial score (nSPS) is 21.1. The van der Waals surface area contributed by atoms with Gasteiger partial charge >= 0.3 is 5.69 Å². The Balaban J connectivity index is 1.83. The maximum atomic E-state index is 13.6. The first kappa shape index (κ1) is 21.5. The summed E-state index contributed by atoms with van der Waals surface area (Å²) in [7, 11) is 1.69. The van der Waals surface area contributed by atoms with Crippen molar-refractivity contribution < 1.29 is 9.13 Å². The van der Waals surface area contributed by atoms with E-state index in [1.54, 1.807) is 23.4 Å². The molecule has 0 N–H and O–H groups in total. The third kappa shape index (κ3) is 3.61. The fraction of sp³-hybridized carbons (Fsp3) is 0.440. The zero-order valence-corrected chi connectivity index (χ0v) is 19.5. The van der Waals surface area contributed by atoms with Crippen LogP contribution < -0.4 is 10.6 Å². The summed E-state index contributed by atoms with van der Waals surface area (Å²) >= 11 is 1.71. The van der Waals surface area contributed by atoms with Gasteiger partial charge in [0.25, 0.3) is 0 Å². The van der Waals surface area contributed by atoms with Crippen LogP contribution in [0.3, 0.4) is 0 Å². The second kappa shape index (κ2) is 8.52. The van der Waals surface area contributed by atoms with Crippen molar-refractivity contribution >= 4 is 28.5 Å². The zero-order chi connectivity index (χ0) is 22.4. The fourth-order valence-corrected chi connectivity index (χ4v) is 6.39. The largest absolute Gasteiger partial charge is 0.379 e. The molecule has 1 aromatic heterocycles. The lowest BCUT2D eigenvalue weighted by Gasteiger charge is -2.35. The number of nitrogens with zero attached hydrogens (tertiary/aromatic N) is 3. The van der Waals surface area contributed by atoms with Gasteiger partial charge < -0.3 is 9.64 Å². The van der Waals surface area contributed by atoms with Crippen LogP contribution in [0.4, 0.5) is 10.2 Å². The summed E-state index contributed by atoms with van der Waals surface area (Å²) < 4.78 is 21.1. The molecule has 0 saturated carbocycles. The first-order valence-corrected chi connectivity index (χ1v) is 12.2. The van der Waals surface area contributed by atoms with Crippen molar-refractivity contribution in [3.63, 3.8) is 0 Å². The Labute approximate surface area is 191 Å². The van der Waals surface area contributed by atoms with Crippen LogP contribution in [-0.4, -0.2) is 41.1 Å². The SMILES string of the molecule is CO[C@@H]1CSc2c(-c3ccc(F)cc3)c(C)cc3c(N4CCCC[C@@H]4C)nc(=O)n(c23)C1. The molecule has 2 aromatic carbocycles. The maximum Gasteiger partial charge on any atom is 0.350 e. The third-order valence-electron chi connectivity index (χ3n) is 6.74. The number of hydrogen-bond acceptors (Lipinski definition) is 5. The van der Waals surface area contributed by atoms with Crippen LogP contribution in [0.25, 0.3) is 22.0 Å². The van der Waals surface area contributed by atoms with E-state index >= 15 is 0 Å². The van der Waals surface area contributed by atoms with Crippen LogP contribution in [0.5, 0.6) is 0 Å². The average Bonchev–Trinajstić information content (AvgIpc) is 2.98. The molecule has 5 nitrogen and oxygen atoms in total. The molecule has 0 radical (unpaired) electrons. The molecule has 32 heavy (non-hydrogen) atoms. The van der Waals surface area contributed by atoms with Gasteiger partial charge in [0.05, 0.1) is 18.2 Å². The van der Waals surface area contributed by atoms with E-state index in [1.165, 1.54) is 18.6 Å². The molecule has 168 valence electrons. The minimum atomic E-state index is -0.257. The highest BCUT2D eigenvalue weighted by Crippen LogP contribution is 2.44. The Bertz CT molecular complexity index is 1220. The van der Waals surface area contributed by atoms with Gasteiger partial charge in [-0.25, -0.2) is 9.18 Å². The minimum absolute atomic E-state index is 0.0868. The van der Waals surface area contributed by atoms with E-state index in [2.05, 4.69) is 29.8 Å². The molecular weight excluding hydrogens is 425 g/mol. The number of ether oxygens (including phenoxy) is 1. The Kier molecular flexibility index (Phi) is 5.72. The van der Waals surface area contributed by atoms with Crippen LogP contribution in [-0.2, 0) is 11.3 Å². The Morgan fingerprint density at radius 2 is 2.00 bits per heavy atom. The topological polar surface area (TPSA) is 47.4 Å². The molecule has 3 heterocycles. The molecule has 2 aliphatic heterocycles. The molecule has 3 aromatic rings. The van der Waals surface area contributed by atoms with Crippen molar-refractivity contribution in [2.45, 2.75) is 56.7 Å². The first-order chi connectivity index (χ1) is 15.5. The van der Waals surface area contributed by atoms with E-state index in [1.807, 2.05) is 12.1 Å². The zero-order valence-electron chi connectivity index (χ0n) is 18.7. The number of anilines is 1. The monoisotopic (exact) mass is 453 g/mol. The molecule has 1 saturated heterocycles. The summed E-state index contributed by atoms with van der Waals surface area (Å²) in [5, 5.41) is 1.01. The fourth-order valence-electron chi connectivity index (χ4n) is 5.01. The number of benzene rings is 2. The van der Waals surface area contributed by atoms with Crippen molar-refractivity contribution in [1.29, 1.82) is 0 Å². The minimum Gasteiger partial charge on any atom is -0.379 e. The molecule has 5 rings (SSSR count). The molecule has 7 heteroatoms. The number of piperidine rings is 1. The van der Waals surface area contributed by atoms with Gasteiger partial charge in [-0.1, -0.05) is 12.1 Å². The van der Waals surface area contributed by atoms with E-state index in [0.717, 1.165) is 63.4 Å². The molecule has 1 fully saturated rings. The smallest absolute Gasteiger partial charge is 0.350 e. The number of aryl methyl sites for hydroxylation is 1. The summed E-state index contributed by atoms with van der Waals surface area (Å²) in [6.07, 6.45) is 3.33. The second-order valence-electron chi connectivity index (χ2n) is 8.84. The summed E-state index contributed by atoms with van der Waals surface area (Å²) in [5.74, 6) is 1.27. The third-order valence-corrected chi connectivity index (χ3v) is 7.96. The molecule has 0 unspecified atom stereocenters. The highest BCUT2D eigenvalue weighted by Gasteiger charge is 2.29. The molecule has 0 aliphatic carbocycles. The molecule has 2 atom stereocenters. The van der Waals surface area contributed by atoms with Crippen molar-refractivity contribution in [3.8, 4) is 11.1 Å². The quantitative estimate of drug-likeness (QED) is 0.558. The van der Waals surface area contributed by atoms with Gasteiger partial charge in [-0.15, -0.1) is 11.8 Å². The lowest BCUT2D eigenvalue weighted by atomic mass is 9.97. The van der Waals surface area contributed by atoms with E-state index < -0.39 is 0 Å². The summed E-state index contributed by atoms with van der Waals surface area (Å²) in [6.45, 7) is 5.69. The van der Waals surface area contributed by atoms with Crippen molar-refractivity contribution in [2.24, 2.45) is 0 Å². The lowest BCUT2D eigenvalue weighted by molar-refractivity contribution is 0.107. The van der Waals surface area contributed by atoms with E-state index in [0.29, 0.717) is 12.6 Å². The van der Waals surface area contributed by atoms with Gasteiger partial charge in [0.15, 0.2) is 0 Å². The summed E-state index contributed by atoms with van der Waals surface area (Å²) in [5.41, 5.74) is 3.79. The van der Waals surface area contributed by atoms with E-state index in [-0.39, 0.29) is 17.6 Å². The maximum absolute atomic E-state index is 13.6. The number of thioether (sulfide) groups is 1. The highest BCUT2D eigenvalue weighted by molar-refractivity contribution is 7.99. The van der Waals surface area contributed by atoms with Gasteiger partial charge in [0.1, 0.15) is 11.6 Å². The van der Waals surface area contributed by atoms with Crippen LogP contribution in [0.2, 0.25) is 0 Å². The predicted octanol–water partition coefficient (Wildman–Crippen LogP) is 5.01. The van der Waals surface area contributed by atoms with Crippen LogP contribution >= 0.6 is 11.8 Å². The van der Waals surface area contributed by atoms with Crippen molar-refractivity contribution in [1.82, 2.24) is 9.55 Å². The molecule has 0 spiro atoms. The molecular formula is C25H28FN3O2S. The Morgan fingerprint density at radius 3 is 2.72 bits per heavy atom. The number of methoxy groups -OCH3 is 1. The summed E-state index contributed by atoms with van der Waals surface area (Å²) in [4.78, 5) is 21.3. The average molecular weight is 454 g/mol. The van der Waals surface area contributed by atoms with Crippen LogP contribution in [0.15, 0.2) is 40.0 Å². The van der Waals surface area contributed by atoms with Crippen molar-refractivity contribution in [3.05, 3.63) is 52.2 Å². The number of aromatic nitrogens is 2. The summed E-state index contributed by atoms with van der Waals surface area (Å²) in [6, 6.07) is 9.12. The molecule has 2 aliphatic rings. The van der Waals surface area contributed by atoms with Gasteiger partial charge in [-0.3, -0.25) is 4.57 Å². The van der Waals surface area contributed by atoms with Gasteiger partial charge in [-0.2, -0.15) is 4.98 Å². The van der Waals surface area contributed by atoms with Crippen LogP contribution in [0, 0.1) is 12.7 Å². The number of rotatable bonds is 3. The number of halogens is 1. The predicted molar refractivity (Wildman–Crippen MR) is 128 cm³/mol. The first-order valence-electron chi connectivity index (χ1n) is 11.2. The molecule has 0 amide bonds. The van der Waals surface area contributed by atoms with Gasteiger partial charge in [-0.05, 0) is 62.4 Å². The van der Waals surface area contributed by atoms with Gasteiger partial charge in [0.2, 0.25) is 0 Å². The number of hydrogen-bond donors (Lipinski definition) is 0. The Hall–Kier alpha value is -2.38. The second-order valence-corrected chi connectivity index (χ2v) is 9.87. The highest BCUT2D eigenvalue weighted by atomic mass is 32.2. The van der Waals surface area contributed by atoms with E-state index in [9.17, 15) is 9.18 Å². The Morgan fingerprint density at radius 1 is 1.22 bits per heavy atom. The standard InChI is InChI=1S/C25H28FN3O2S/c1-15-12-20-22-23(21(15)17-7-9-18(26)10-8-17)32-14-19(31-3)13-29(22)25(30)27-24(20)28-11-5-4-6-16(28)2/h7-10,12,16,19H,4-6,11,13-14H2,1-3H3/t16-,19-/m0/s1. The molecule has 0 bridgehead atoms. The van der Waals surface area contributed by atoms with Crippen molar-refractivity contribution in [2.75, 3.05) is 24.3 Å². The van der Waals surface area contributed by atoms with Gasteiger partial charge in [0, 0.05) is 41.3 Å².